The molecule has 0 radical (unpaired) electrons. The summed E-state index contributed by atoms with van der Waals surface area (Å²) in [6, 6.07) is 21.8. The van der Waals surface area contributed by atoms with Gasteiger partial charge >= 0.3 is 0 Å². The number of H-pyrrole nitrogens is 1. The van der Waals surface area contributed by atoms with E-state index in [0.717, 1.165) is 18.6 Å². The Labute approximate surface area is 198 Å². The van der Waals surface area contributed by atoms with Crippen LogP contribution in [0.4, 0.5) is 5.69 Å². The summed E-state index contributed by atoms with van der Waals surface area (Å²) in [4.78, 5) is 12.9. The van der Waals surface area contributed by atoms with Crippen molar-refractivity contribution in [1.29, 1.82) is 0 Å². The van der Waals surface area contributed by atoms with Gasteiger partial charge in [0.2, 0.25) is 0 Å². The zero-order valence-electron chi connectivity index (χ0n) is 19.0. The molecule has 2 N–H and O–H groups in total. The minimum absolute atomic E-state index is 0.238. The van der Waals surface area contributed by atoms with E-state index in [1.807, 2.05) is 48.5 Å². The lowest BCUT2D eigenvalue weighted by molar-refractivity contribution is 0.102. The molecule has 0 spiro atoms. The second kappa shape index (κ2) is 11.6. The molecule has 1 amide bonds. The normalized spacial score (nSPS) is 10.6. The van der Waals surface area contributed by atoms with Gasteiger partial charge in [-0.1, -0.05) is 50.5 Å². The Morgan fingerprint density at radius 2 is 1.68 bits per heavy atom. The minimum Gasteiger partial charge on any atom is -0.494 e. The van der Waals surface area contributed by atoms with Crippen molar-refractivity contribution < 1.29 is 14.3 Å². The van der Waals surface area contributed by atoms with Crippen molar-refractivity contribution in [3.63, 3.8) is 0 Å². The number of carbonyl (C=O) groups is 1. The van der Waals surface area contributed by atoms with Gasteiger partial charge in [0.1, 0.15) is 11.5 Å². The van der Waals surface area contributed by atoms with Crippen LogP contribution in [0.3, 0.4) is 0 Å². The average molecular weight is 458 g/mol. The first-order chi connectivity index (χ1) is 16.7. The van der Waals surface area contributed by atoms with Gasteiger partial charge in [0.25, 0.3) is 5.91 Å². The number of ether oxygens (including phenoxy) is 2. The summed E-state index contributed by atoms with van der Waals surface area (Å²) < 4.78 is 11.9. The van der Waals surface area contributed by atoms with Crippen LogP contribution in [0.2, 0.25) is 0 Å². The highest BCUT2D eigenvalue weighted by Crippen LogP contribution is 2.34. The molecule has 174 valence electrons. The summed E-state index contributed by atoms with van der Waals surface area (Å²) in [6.45, 7) is 2.87. The van der Waals surface area contributed by atoms with Gasteiger partial charge in [-0.2, -0.15) is 0 Å². The molecule has 34 heavy (non-hydrogen) atoms. The molecule has 0 fully saturated rings. The zero-order chi connectivity index (χ0) is 23.6. The van der Waals surface area contributed by atoms with Gasteiger partial charge in [-0.25, -0.2) is 5.10 Å². The quantitative estimate of drug-likeness (QED) is 0.273. The Bertz CT molecular complexity index is 1190. The molecule has 1 aromatic heterocycles. The molecule has 1 heterocycles. The van der Waals surface area contributed by atoms with Crippen LogP contribution in [0.25, 0.3) is 11.4 Å². The van der Waals surface area contributed by atoms with E-state index < -0.39 is 0 Å². The standard InChI is InChI=1S/C26H27N5O3/c1-2-3-4-9-18-33-20-16-14-19(15-17-20)26(32)27-22-11-6-8-13-24(22)34-23-12-7-5-10-21(23)25-28-30-31-29-25/h5-8,10-17H,2-4,9,18H2,1H3,(H,27,32)(H,28,29,30,31). The predicted octanol–water partition coefficient (Wildman–Crippen LogP) is 5.87. The molecule has 0 aliphatic rings. The maximum atomic E-state index is 12.9. The number of anilines is 1. The fraction of sp³-hybridized carbons (Fsp3) is 0.231. The smallest absolute Gasteiger partial charge is 0.255 e. The van der Waals surface area contributed by atoms with Gasteiger partial charge in [-0.05, 0) is 65.4 Å². The molecule has 0 saturated carbocycles. The number of amides is 1. The van der Waals surface area contributed by atoms with Gasteiger partial charge in [-0.15, -0.1) is 5.10 Å². The molecule has 0 saturated heterocycles. The van der Waals surface area contributed by atoms with Crippen LogP contribution in [-0.4, -0.2) is 33.1 Å². The summed E-state index contributed by atoms with van der Waals surface area (Å²) in [5.41, 5.74) is 1.79. The molecular weight excluding hydrogens is 430 g/mol. The predicted molar refractivity (Wildman–Crippen MR) is 130 cm³/mol. The molecule has 0 aliphatic heterocycles. The molecule has 0 bridgehead atoms. The molecular formula is C26H27N5O3. The topological polar surface area (TPSA) is 102 Å². The maximum Gasteiger partial charge on any atom is 0.255 e. The molecule has 8 heteroatoms. The van der Waals surface area contributed by atoms with Crippen LogP contribution in [0.1, 0.15) is 43.0 Å². The molecule has 0 aliphatic carbocycles. The third-order valence-electron chi connectivity index (χ3n) is 5.23. The third kappa shape index (κ3) is 5.98. The Morgan fingerprint density at radius 3 is 2.44 bits per heavy atom. The fourth-order valence-electron chi connectivity index (χ4n) is 3.42. The lowest BCUT2D eigenvalue weighted by Crippen LogP contribution is -2.12. The van der Waals surface area contributed by atoms with E-state index in [9.17, 15) is 4.79 Å². The molecule has 3 aromatic carbocycles. The maximum absolute atomic E-state index is 12.9. The first-order valence-corrected chi connectivity index (χ1v) is 11.4. The number of para-hydroxylation sites is 3. The van der Waals surface area contributed by atoms with E-state index in [1.165, 1.54) is 12.8 Å². The van der Waals surface area contributed by atoms with Crippen molar-refractivity contribution in [2.24, 2.45) is 0 Å². The molecule has 4 rings (SSSR count). The van der Waals surface area contributed by atoms with Crippen LogP contribution in [0.15, 0.2) is 72.8 Å². The number of hydrogen-bond donors (Lipinski definition) is 2. The van der Waals surface area contributed by atoms with E-state index in [2.05, 4.69) is 32.9 Å². The second-order valence-electron chi connectivity index (χ2n) is 7.73. The number of benzene rings is 3. The number of nitrogens with one attached hydrogen (secondary N) is 2. The number of tetrazole rings is 1. The summed E-state index contributed by atoms with van der Waals surface area (Å²) in [6.07, 6.45) is 4.61. The van der Waals surface area contributed by atoms with E-state index in [0.29, 0.717) is 40.7 Å². The lowest BCUT2D eigenvalue weighted by Gasteiger charge is -2.14. The van der Waals surface area contributed by atoms with E-state index >= 15 is 0 Å². The van der Waals surface area contributed by atoms with E-state index in [4.69, 9.17) is 9.47 Å². The van der Waals surface area contributed by atoms with Gasteiger partial charge in [-0.3, -0.25) is 4.79 Å². The summed E-state index contributed by atoms with van der Waals surface area (Å²) in [5, 5.41) is 16.9. The third-order valence-corrected chi connectivity index (χ3v) is 5.23. The SMILES string of the molecule is CCCCCCOc1ccc(C(=O)Nc2ccccc2Oc2ccccc2-c2nnn[nH]2)cc1. The number of carbonyl (C=O) groups excluding carboxylic acids is 1. The molecule has 8 nitrogen and oxygen atoms in total. The highest BCUT2D eigenvalue weighted by atomic mass is 16.5. The molecule has 4 aromatic rings. The number of aromatic nitrogens is 4. The summed E-state index contributed by atoms with van der Waals surface area (Å²) in [5.74, 6) is 2.07. The second-order valence-corrected chi connectivity index (χ2v) is 7.73. The Balaban J connectivity index is 1.42. The van der Waals surface area contributed by atoms with Crippen molar-refractivity contribution in [3.05, 3.63) is 78.4 Å². The van der Waals surface area contributed by atoms with Gasteiger partial charge < -0.3 is 14.8 Å². The molecule has 0 unspecified atom stereocenters. The van der Waals surface area contributed by atoms with Gasteiger partial charge in [0, 0.05) is 5.56 Å². The highest BCUT2D eigenvalue weighted by molar-refractivity contribution is 6.05. The van der Waals surface area contributed by atoms with Crippen LogP contribution in [-0.2, 0) is 0 Å². The van der Waals surface area contributed by atoms with Crippen molar-refractivity contribution in [2.45, 2.75) is 32.6 Å². The van der Waals surface area contributed by atoms with Gasteiger partial charge in [0.05, 0.1) is 17.9 Å². The van der Waals surface area contributed by atoms with Crippen molar-refractivity contribution in [3.8, 4) is 28.6 Å². The van der Waals surface area contributed by atoms with Crippen LogP contribution >= 0.6 is 0 Å². The van der Waals surface area contributed by atoms with Crippen molar-refractivity contribution in [2.75, 3.05) is 11.9 Å². The average Bonchev–Trinajstić information content (AvgIpc) is 3.41. The highest BCUT2D eigenvalue weighted by Gasteiger charge is 2.14. The van der Waals surface area contributed by atoms with E-state index in [1.54, 1.807) is 24.3 Å². The number of hydrogen-bond acceptors (Lipinski definition) is 6. The summed E-state index contributed by atoms with van der Waals surface area (Å²) in [7, 11) is 0. The van der Waals surface area contributed by atoms with E-state index in [-0.39, 0.29) is 5.91 Å². The van der Waals surface area contributed by atoms with Gasteiger partial charge in [0.15, 0.2) is 11.6 Å². The molecule has 0 atom stereocenters. The first kappa shape index (κ1) is 23.0. The number of rotatable bonds is 11. The Hall–Kier alpha value is -4.20. The fourth-order valence-corrected chi connectivity index (χ4v) is 3.42. The number of unbranched alkanes of at least 4 members (excludes halogenated alkanes) is 3. The minimum atomic E-state index is -0.238. The first-order valence-electron chi connectivity index (χ1n) is 11.4. The van der Waals surface area contributed by atoms with Crippen LogP contribution < -0.4 is 14.8 Å². The largest absolute Gasteiger partial charge is 0.494 e. The number of aromatic amines is 1. The van der Waals surface area contributed by atoms with Crippen molar-refractivity contribution >= 4 is 11.6 Å². The monoisotopic (exact) mass is 457 g/mol. The zero-order valence-corrected chi connectivity index (χ0v) is 19.0. The van der Waals surface area contributed by atoms with Crippen LogP contribution in [0.5, 0.6) is 17.2 Å². The Kier molecular flexibility index (Phi) is 7.84. The Morgan fingerprint density at radius 1 is 0.912 bits per heavy atom. The number of nitrogens with zero attached hydrogens (tertiary/aromatic N) is 3. The van der Waals surface area contributed by atoms with Crippen molar-refractivity contribution in [1.82, 2.24) is 20.6 Å². The van der Waals surface area contributed by atoms with Crippen LogP contribution in [0, 0.1) is 0 Å². The summed E-state index contributed by atoms with van der Waals surface area (Å²) >= 11 is 0. The lowest BCUT2D eigenvalue weighted by atomic mass is 10.2.